The van der Waals surface area contributed by atoms with Crippen LogP contribution < -0.4 is 0 Å². The molecule has 2 aliphatic heterocycles. The van der Waals surface area contributed by atoms with Crippen LogP contribution >= 0.6 is 0 Å². The molecule has 0 aromatic heterocycles. The molecule has 0 spiro atoms. The largest absolute Gasteiger partial charge is 0.448 e. The maximum absolute atomic E-state index is 13.3. The van der Waals surface area contributed by atoms with E-state index in [-0.39, 0.29) is 30.7 Å². The molecule has 2 heterocycles. The van der Waals surface area contributed by atoms with Crippen LogP contribution in [0.25, 0.3) is 11.1 Å². The van der Waals surface area contributed by atoms with Gasteiger partial charge in [-0.3, -0.25) is 4.90 Å². The second-order valence-electron chi connectivity index (χ2n) is 9.91. The highest BCUT2D eigenvalue weighted by molar-refractivity contribution is 5.79. The summed E-state index contributed by atoms with van der Waals surface area (Å²) >= 11 is 0. The number of hydrogen-bond donors (Lipinski definition) is 1. The average Bonchev–Trinajstić information content (AvgIpc) is 3.15. The Balaban J connectivity index is 1.30. The zero-order valence-corrected chi connectivity index (χ0v) is 20.0. The fraction of sp³-hybridized carbons (Fsp3) is 0.519. The van der Waals surface area contributed by atoms with E-state index in [1.54, 1.807) is 19.1 Å². The van der Waals surface area contributed by atoms with E-state index in [0.29, 0.717) is 32.5 Å². The van der Waals surface area contributed by atoms with E-state index < -0.39 is 11.4 Å². The van der Waals surface area contributed by atoms with Crippen LogP contribution in [-0.4, -0.2) is 73.6 Å². The highest BCUT2D eigenvalue weighted by Gasteiger charge is 2.51. The van der Waals surface area contributed by atoms with Crippen molar-refractivity contribution >= 4 is 6.09 Å². The second kappa shape index (κ2) is 8.96. The molecule has 3 aliphatic rings. The number of nitrogens with zero attached hydrogens (tertiary/aromatic N) is 1. The monoisotopic (exact) mass is 467 g/mol. The fourth-order valence-electron chi connectivity index (χ4n) is 6.01. The van der Waals surface area contributed by atoms with Crippen molar-refractivity contribution in [3.8, 4) is 11.1 Å². The SMILES string of the molecule is COC(C)(CC1(O)CC2COCC(C1)N2C(=O)OCC1c2ccccc2-c2ccccc21)OC. The summed E-state index contributed by atoms with van der Waals surface area (Å²) < 4.78 is 22.6. The first-order valence-electron chi connectivity index (χ1n) is 11.9. The molecule has 2 aromatic rings. The third-order valence-corrected chi connectivity index (χ3v) is 7.70. The molecular weight excluding hydrogens is 434 g/mol. The molecule has 2 saturated heterocycles. The van der Waals surface area contributed by atoms with Crippen LogP contribution in [0.4, 0.5) is 4.79 Å². The highest BCUT2D eigenvalue weighted by Crippen LogP contribution is 2.45. The molecule has 5 rings (SSSR count). The Morgan fingerprint density at radius 3 is 2.09 bits per heavy atom. The number of piperidine rings is 1. The number of aliphatic hydroxyl groups is 1. The van der Waals surface area contributed by atoms with E-state index in [1.165, 1.54) is 22.3 Å². The molecule has 1 N–H and O–H groups in total. The molecular formula is C27H33NO6. The summed E-state index contributed by atoms with van der Waals surface area (Å²) in [5, 5.41) is 11.4. The molecule has 0 radical (unpaired) electrons. The lowest BCUT2D eigenvalue weighted by molar-refractivity contribution is -0.237. The number of hydrogen-bond acceptors (Lipinski definition) is 6. The van der Waals surface area contributed by atoms with E-state index in [1.807, 2.05) is 31.2 Å². The van der Waals surface area contributed by atoms with Gasteiger partial charge in [-0.25, -0.2) is 4.79 Å². The fourth-order valence-corrected chi connectivity index (χ4v) is 6.01. The van der Waals surface area contributed by atoms with Gasteiger partial charge in [0, 0.05) is 26.6 Å². The number of fused-ring (bicyclic) bond motifs is 5. The number of methoxy groups -OCH3 is 2. The van der Waals surface area contributed by atoms with Gasteiger partial charge >= 0.3 is 6.09 Å². The smallest absolute Gasteiger partial charge is 0.410 e. The lowest BCUT2D eigenvalue weighted by Crippen LogP contribution is -2.64. The third-order valence-electron chi connectivity index (χ3n) is 7.70. The van der Waals surface area contributed by atoms with Crippen molar-refractivity contribution in [3.05, 3.63) is 59.7 Å². The van der Waals surface area contributed by atoms with Crippen LogP contribution in [0.2, 0.25) is 0 Å². The Bertz CT molecular complexity index is 991. The lowest BCUT2D eigenvalue weighted by atomic mass is 9.77. The Hall–Kier alpha value is -2.45. The van der Waals surface area contributed by atoms with Crippen molar-refractivity contribution in [1.82, 2.24) is 4.90 Å². The van der Waals surface area contributed by atoms with Gasteiger partial charge in [0.2, 0.25) is 0 Å². The molecule has 182 valence electrons. The van der Waals surface area contributed by atoms with Gasteiger partial charge in [0.25, 0.3) is 0 Å². The zero-order valence-electron chi connectivity index (χ0n) is 20.0. The van der Waals surface area contributed by atoms with Crippen molar-refractivity contribution < 1.29 is 28.8 Å². The number of rotatable bonds is 6. The maximum Gasteiger partial charge on any atom is 0.410 e. The predicted molar refractivity (Wildman–Crippen MR) is 127 cm³/mol. The van der Waals surface area contributed by atoms with Gasteiger partial charge in [-0.1, -0.05) is 48.5 Å². The molecule has 34 heavy (non-hydrogen) atoms. The van der Waals surface area contributed by atoms with Crippen LogP contribution in [0.15, 0.2) is 48.5 Å². The molecule has 2 aromatic carbocycles. The lowest BCUT2D eigenvalue weighted by Gasteiger charge is -2.52. The van der Waals surface area contributed by atoms with Crippen LogP contribution in [0.1, 0.15) is 43.2 Å². The predicted octanol–water partition coefficient (Wildman–Crippen LogP) is 3.93. The van der Waals surface area contributed by atoms with E-state index in [2.05, 4.69) is 24.3 Å². The Labute approximate surface area is 200 Å². The number of benzene rings is 2. The molecule has 0 saturated carbocycles. The van der Waals surface area contributed by atoms with Crippen molar-refractivity contribution in [2.45, 2.75) is 55.6 Å². The maximum atomic E-state index is 13.3. The van der Waals surface area contributed by atoms with Gasteiger partial charge in [0.1, 0.15) is 6.61 Å². The van der Waals surface area contributed by atoms with Crippen LogP contribution in [-0.2, 0) is 18.9 Å². The van der Waals surface area contributed by atoms with E-state index in [9.17, 15) is 9.90 Å². The molecule has 2 fully saturated rings. The number of carbonyl (C=O) groups excluding carboxylic acids is 1. The normalized spacial score (nSPS) is 26.2. The quantitative estimate of drug-likeness (QED) is 0.649. The standard InChI is InChI=1S/C27H33NO6/c1-26(31-2,32-3)17-27(30)12-18-14-33-15-19(13-27)28(18)25(29)34-16-24-22-10-6-4-8-20(22)21-9-5-7-11-23(21)24/h4-11,18-19,24,30H,12-17H2,1-3H3. The summed E-state index contributed by atoms with van der Waals surface area (Å²) in [6, 6.07) is 16.1. The summed E-state index contributed by atoms with van der Waals surface area (Å²) in [5.41, 5.74) is 3.76. The Kier molecular flexibility index (Phi) is 6.14. The van der Waals surface area contributed by atoms with Crippen molar-refractivity contribution in [2.75, 3.05) is 34.0 Å². The molecule has 2 unspecified atom stereocenters. The van der Waals surface area contributed by atoms with Gasteiger partial charge in [-0.05, 0) is 42.0 Å². The van der Waals surface area contributed by atoms with Crippen LogP contribution in [0.5, 0.6) is 0 Å². The average molecular weight is 468 g/mol. The van der Waals surface area contributed by atoms with Crippen LogP contribution in [0.3, 0.4) is 0 Å². The Morgan fingerprint density at radius 2 is 1.56 bits per heavy atom. The summed E-state index contributed by atoms with van der Waals surface area (Å²) in [5.74, 6) is -0.881. The van der Waals surface area contributed by atoms with Gasteiger partial charge in [-0.2, -0.15) is 0 Å². The molecule has 2 bridgehead atoms. The van der Waals surface area contributed by atoms with Crippen molar-refractivity contribution in [3.63, 3.8) is 0 Å². The first-order valence-corrected chi connectivity index (χ1v) is 11.9. The van der Waals surface area contributed by atoms with E-state index in [0.717, 1.165) is 0 Å². The zero-order chi connectivity index (χ0) is 23.9. The van der Waals surface area contributed by atoms with E-state index in [4.69, 9.17) is 18.9 Å². The van der Waals surface area contributed by atoms with Gasteiger partial charge in [0.15, 0.2) is 5.79 Å². The van der Waals surface area contributed by atoms with Gasteiger partial charge in [0.05, 0.1) is 30.9 Å². The van der Waals surface area contributed by atoms with Gasteiger partial charge < -0.3 is 24.1 Å². The first kappa shape index (κ1) is 23.3. The molecule has 2 atom stereocenters. The van der Waals surface area contributed by atoms with Crippen LogP contribution in [0, 0.1) is 0 Å². The molecule has 1 aliphatic carbocycles. The second-order valence-corrected chi connectivity index (χ2v) is 9.91. The minimum Gasteiger partial charge on any atom is -0.448 e. The van der Waals surface area contributed by atoms with Crippen molar-refractivity contribution in [1.29, 1.82) is 0 Å². The van der Waals surface area contributed by atoms with Gasteiger partial charge in [-0.15, -0.1) is 0 Å². The van der Waals surface area contributed by atoms with Crippen molar-refractivity contribution in [2.24, 2.45) is 0 Å². The number of ether oxygens (including phenoxy) is 4. The number of morpholine rings is 1. The summed E-state index contributed by atoms with van der Waals surface area (Å²) in [6.45, 7) is 2.84. The molecule has 7 heteroatoms. The van der Waals surface area contributed by atoms with E-state index >= 15 is 0 Å². The third kappa shape index (κ3) is 4.11. The summed E-state index contributed by atoms with van der Waals surface area (Å²) in [4.78, 5) is 15.1. The minimum absolute atomic E-state index is 0.0123. The topological polar surface area (TPSA) is 77.5 Å². The molecule has 7 nitrogen and oxygen atoms in total. The highest BCUT2D eigenvalue weighted by atomic mass is 16.7. The minimum atomic E-state index is -1.01. The number of amides is 1. The summed E-state index contributed by atoms with van der Waals surface area (Å²) in [6.07, 6.45) is 0.744. The number of carbonyl (C=O) groups is 1. The Morgan fingerprint density at radius 1 is 1.03 bits per heavy atom. The molecule has 1 amide bonds. The first-order chi connectivity index (χ1) is 16.4. The summed E-state index contributed by atoms with van der Waals surface area (Å²) in [7, 11) is 3.14.